The van der Waals surface area contributed by atoms with E-state index in [0.29, 0.717) is 12.6 Å². The third kappa shape index (κ3) is 4.83. The summed E-state index contributed by atoms with van der Waals surface area (Å²) < 4.78 is 5.35. The smallest absolute Gasteiger partial charge is 0.239 e. The molecule has 1 aromatic heterocycles. The van der Waals surface area contributed by atoms with E-state index in [9.17, 15) is 4.79 Å². The third-order valence-electron chi connectivity index (χ3n) is 6.98. The number of rotatable bonds is 8. The second-order valence-electron chi connectivity index (χ2n) is 8.99. The molecule has 3 aromatic rings. The Balaban J connectivity index is 1.53. The van der Waals surface area contributed by atoms with Gasteiger partial charge in [-0.25, -0.2) is 0 Å². The number of methoxy groups -OCH3 is 1. The van der Waals surface area contributed by atoms with Crippen molar-refractivity contribution in [3.05, 3.63) is 65.9 Å². The number of hydrogen-bond acceptors (Lipinski definition) is 3. The van der Waals surface area contributed by atoms with Crippen LogP contribution >= 0.6 is 0 Å². The Hall–Kier alpha value is -2.79. The lowest BCUT2D eigenvalue weighted by Gasteiger charge is -2.33. The maximum atomic E-state index is 13.1. The number of ether oxygens (including phenoxy) is 1. The highest BCUT2D eigenvalue weighted by atomic mass is 16.5. The van der Waals surface area contributed by atoms with Crippen LogP contribution in [-0.4, -0.2) is 48.6 Å². The number of likely N-dealkylation sites (N-methyl/N-ethyl adjacent to an activating group) is 1. The summed E-state index contributed by atoms with van der Waals surface area (Å²) in [5.74, 6) is 1.15. The van der Waals surface area contributed by atoms with Gasteiger partial charge in [0, 0.05) is 42.7 Å². The van der Waals surface area contributed by atoms with Gasteiger partial charge in [-0.3, -0.25) is 4.79 Å². The number of H-pyrrole nitrogens is 1. The fourth-order valence-corrected chi connectivity index (χ4v) is 4.96. The van der Waals surface area contributed by atoms with Gasteiger partial charge in [-0.1, -0.05) is 49.6 Å². The second-order valence-corrected chi connectivity index (χ2v) is 8.99. The van der Waals surface area contributed by atoms with Gasteiger partial charge >= 0.3 is 0 Å². The van der Waals surface area contributed by atoms with Gasteiger partial charge in [0.05, 0.1) is 13.2 Å². The molecule has 0 aliphatic heterocycles. The van der Waals surface area contributed by atoms with Crippen LogP contribution in [0.3, 0.4) is 0 Å². The van der Waals surface area contributed by atoms with E-state index in [1.165, 1.54) is 35.8 Å². The molecule has 0 bridgehead atoms. The van der Waals surface area contributed by atoms with Crippen LogP contribution in [0.15, 0.2) is 54.7 Å². The Morgan fingerprint density at radius 3 is 2.56 bits per heavy atom. The van der Waals surface area contributed by atoms with Crippen LogP contribution in [0.25, 0.3) is 10.9 Å². The topological polar surface area (TPSA) is 57.4 Å². The molecule has 0 unspecified atom stereocenters. The number of aromatic amines is 1. The van der Waals surface area contributed by atoms with Gasteiger partial charge in [0.25, 0.3) is 0 Å². The number of carbonyl (C=O) groups excluding carboxylic acids is 1. The molecule has 0 radical (unpaired) electrons. The van der Waals surface area contributed by atoms with Crippen molar-refractivity contribution in [3.8, 4) is 5.75 Å². The molecule has 2 N–H and O–H groups in total. The monoisotopic (exact) mass is 433 g/mol. The van der Waals surface area contributed by atoms with Crippen molar-refractivity contribution in [2.24, 2.45) is 0 Å². The summed E-state index contributed by atoms with van der Waals surface area (Å²) in [7, 11) is 3.65. The molecule has 0 spiro atoms. The molecule has 1 aliphatic carbocycles. The van der Waals surface area contributed by atoms with Crippen molar-refractivity contribution in [2.75, 3.05) is 20.7 Å². The SMILES string of the molecule is COc1ccc([C@H](CN[C@@H](C)C(=O)N(C)C2CCCCC2)c2c[nH]c3ccccc23)cc1. The summed E-state index contributed by atoms with van der Waals surface area (Å²) in [5, 5.41) is 4.76. The summed E-state index contributed by atoms with van der Waals surface area (Å²) in [6, 6.07) is 16.8. The molecule has 4 rings (SSSR count). The zero-order valence-corrected chi connectivity index (χ0v) is 19.4. The first-order valence-corrected chi connectivity index (χ1v) is 11.8. The molecule has 2 atom stereocenters. The first-order chi connectivity index (χ1) is 15.6. The fraction of sp³-hybridized carbons (Fsp3) is 0.444. The second kappa shape index (κ2) is 10.2. The third-order valence-corrected chi connectivity index (χ3v) is 6.98. The minimum atomic E-state index is -0.229. The van der Waals surface area contributed by atoms with Gasteiger partial charge in [0.2, 0.25) is 5.91 Å². The van der Waals surface area contributed by atoms with Crippen LogP contribution in [0.1, 0.15) is 56.1 Å². The quantitative estimate of drug-likeness (QED) is 0.521. The Morgan fingerprint density at radius 2 is 1.84 bits per heavy atom. The molecule has 5 nitrogen and oxygen atoms in total. The van der Waals surface area contributed by atoms with Crippen molar-refractivity contribution < 1.29 is 9.53 Å². The van der Waals surface area contributed by atoms with Crippen LogP contribution in [-0.2, 0) is 4.79 Å². The Labute approximate surface area is 191 Å². The lowest BCUT2D eigenvalue weighted by atomic mass is 9.90. The number of aromatic nitrogens is 1. The molecule has 170 valence electrons. The van der Waals surface area contributed by atoms with Crippen molar-refractivity contribution in [2.45, 2.75) is 57.0 Å². The molecule has 1 aliphatic rings. The molecule has 32 heavy (non-hydrogen) atoms. The molecule has 2 aromatic carbocycles. The fourth-order valence-electron chi connectivity index (χ4n) is 4.96. The highest BCUT2D eigenvalue weighted by Crippen LogP contribution is 2.31. The summed E-state index contributed by atoms with van der Waals surface area (Å²) in [5.41, 5.74) is 3.56. The highest BCUT2D eigenvalue weighted by Gasteiger charge is 2.26. The lowest BCUT2D eigenvalue weighted by molar-refractivity contribution is -0.134. The number of carbonyl (C=O) groups is 1. The molecule has 1 saturated carbocycles. The predicted molar refractivity (Wildman–Crippen MR) is 130 cm³/mol. The van der Waals surface area contributed by atoms with Gasteiger partial charge < -0.3 is 19.9 Å². The van der Waals surface area contributed by atoms with Crippen LogP contribution < -0.4 is 10.1 Å². The molecule has 0 saturated heterocycles. The molecular weight excluding hydrogens is 398 g/mol. The van der Waals surface area contributed by atoms with E-state index in [1.807, 2.05) is 37.1 Å². The van der Waals surface area contributed by atoms with Crippen molar-refractivity contribution in [1.29, 1.82) is 0 Å². The van der Waals surface area contributed by atoms with Crippen LogP contribution in [0.5, 0.6) is 5.75 Å². The minimum Gasteiger partial charge on any atom is -0.497 e. The molecule has 1 fully saturated rings. The first-order valence-electron chi connectivity index (χ1n) is 11.8. The number of benzene rings is 2. The van der Waals surface area contributed by atoms with E-state index < -0.39 is 0 Å². The van der Waals surface area contributed by atoms with Crippen LogP contribution in [0.4, 0.5) is 0 Å². The Morgan fingerprint density at radius 1 is 1.12 bits per heavy atom. The average molecular weight is 434 g/mol. The largest absolute Gasteiger partial charge is 0.497 e. The number of amides is 1. The van der Waals surface area contributed by atoms with Crippen molar-refractivity contribution in [3.63, 3.8) is 0 Å². The standard InChI is InChI=1S/C27H35N3O2/c1-19(27(31)30(2)21-9-5-4-6-10-21)28-17-24(20-13-15-22(32-3)16-14-20)25-18-29-26-12-8-7-11-23(25)26/h7-8,11-16,18-19,21,24,28-29H,4-6,9-10,17H2,1-3H3/t19-,24-/m0/s1. The van der Waals surface area contributed by atoms with E-state index in [4.69, 9.17) is 4.74 Å². The summed E-state index contributed by atoms with van der Waals surface area (Å²) in [6.45, 7) is 2.67. The summed E-state index contributed by atoms with van der Waals surface area (Å²) in [6.07, 6.45) is 8.09. The Kier molecular flexibility index (Phi) is 7.15. The van der Waals surface area contributed by atoms with Crippen LogP contribution in [0.2, 0.25) is 0 Å². The normalized spacial score (nSPS) is 16.6. The number of fused-ring (bicyclic) bond motifs is 1. The van der Waals surface area contributed by atoms with Crippen molar-refractivity contribution >= 4 is 16.8 Å². The maximum absolute atomic E-state index is 13.1. The average Bonchev–Trinajstić information content (AvgIpc) is 3.28. The van der Waals surface area contributed by atoms with E-state index in [-0.39, 0.29) is 17.9 Å². The number of para-hydroxylation sites is 1. The number of nitrogens with zero attached hydrogens (tertiary/aromatic N) is 1. The first kappa shape index (κ1) is 22.4. The lowest BCUT2D eigenvalue weighted by Crippen LogP contribution is -2.48. The summed E-state index contributed by atoms with van der Waals surface area (Å²) >= 11 is 0. The van der Waals surface area contributed by atoms with Crippen molar-refractivity contribution in [1.82, 2.24) is 15.2 Å². The van der Waals surface area contributed by atoms with Crippen LogP contribution in [0, 0.1) is 0 Å². The van der Waals surface area contributed by atoms with E-state index >= 15 is 0 Å². The van der Waals surface area contributed by atoms with Gasteiger partial charge in [-0.15, -0.1) is 0 Å². The zero-order valence-electron chi connectivity index (χ0n) is 19.4. The van der Waals surface area contributed by atoms with Gasteiger partial charge in [0.15, 0.2) is 0 Å². The zero-order chi connectivity index (χ0) is 22.5. The number of nitrogens with one attached hydrogen (secondary N) is 2. The number of hydrogen-bond donors (Lipinski definition) is 2. The molecular formula is C27H35N3O2. The van der Waals surface area contributed by atoms with E-state index in [0.717, 1.165) is 24.1 Å². The maximum Gasteiger partial charge on any atom is 0.239 e. The predicted octanol–water partition coefficient (Wildman–Crippen LogP) is 5.08. The van der Waals surface area contributed by atoms with Gasteiger partial charge in [-0.05, 0) is 49.1 Å². The highest BCUT2D eigenvalue weighted by molar-refractivity contribution is 5.84. The Bertz CT molecular complexity index is 1020. The summed E-state index contributed by atoms with van der Waals surface area (Å²) in [4.78, 5) is 18.5. The van der Waals surface area contributed by atoms with Gasteiger partial charge in [-0.2, -0.15) is 0 Å². The molecule has 5 heteroatoms. The minimum absolute atomic E-state index is 0.118. The molecule has 1 amide bonds. The molecule has 1 heterocycles. The van der Waals surface area contributed by atoms with E-state index in [2.05, 4.69) is 46.8 Å². The van der Waals surface area contributed by atoms with Gasteiger partial charge in [0.1, 0.15) is 5.75 Å². The van der Waals surface area contributed by atoms with E-state index in [1.54, 1.807) is 7.11 Å².